The average molecular weight is 242 g/mol. The molecule has 2 unspecified atom stereocenters. The van der Waals surface area contributed by atoms with Gasteiger partial charge in [0.2, 0.25) is 0 Å². The summed E-state index contributed by atoms with van der Waals surface area (Å²) in [5.41, 5.74) is 0. The maximum atomic E-state index is 12.2. The Bertz CT molecular complexity index is 304. The van der Waals surface area contributed by atoms with Crippen LogP contribution < -0.4 is 0 Å². The number of hydrogen-bond donors (Lipinski definition) is 1. The molecule has 98 valence electrons. The fourth-order valence-electron chi connectivity index (χ4n) is 2.20. The molecule has 0 saturated carbocycles. The third kappa shape index (κ3) is 2.90. The van der Waals surface area contributed by atoms with Crippen LogP contribution in [0.5, 0.6) is 0 Å². The Morgan fingerprint density at radius 2 is 2.00 bits per heavy atom. The highest BCUT2D eigenvalue weighted by Crippen LogP contribution is 2.24. The SMILES string of the molecule is CC1CCCN(C(=O)N(C)C(C)C)C1C(=O)O. The number of nitrogens with zero attached hydrogens (tertiary/aromatic N) is 2. The summed E-state index contributed by atoms with van der Waals surface area (Å²) < 4.78 is 0. The molecule has 0 aromatic heterocycles. The number of aliphatic carboxylic acids is 1. The van der Waals surface area contributed by atoms with E-state index in [2.05, 4.69) is 0 Å². The minimum Gasteiger partial charge on any atom is -0.480 e. The molecule has 0 bridgehead atoms. The topological polar surface area (TPSA) is 60.9 Å². The molecule has 0 spiro atoms. The highest BCUT2D eigenvalue weighted by atomic mass is 16.4. The number of rotatable bonds is 2. The number of amides is 2. The predicted octanol–water partition coefficient (Wildman–Crippen LogP) is 1.63. The van der Waals surface area contributed by atoms with Gasteiger partial charge in [0, 0.05) is 19.6 Å². The maximum Gasteiger partial charge on any atom is 0.326 e. The van der Waals surface area contributed by atoms with Gasteiger partial charge in [-0.05, 0) is 32.6 Å². The van der Waals surface area contributed by atoms with Gasteiger partial charge in [0.05, 0.1) is 0 Å². The quantitative estimate of drug-likeness (QED) is 0.800. The normalized spacial score (nSPS) is 24.9. The number of carbonyl (C=O) groups excluding carboxylic acids is 1. The summed E-state index contributed by atoms with van der Waals surface area (Å²) in [6, 6.07) is -0.787. The van der Waals surface area contributed by atoms with Gasteiger partial charge in [-0.15, -0.1) is 0 Å². The third-order valence-electron chi connectivity index (χ3n) is 3.51. The van der Waals surface area contributed by atoms with Gasteiger partial charge < -0.3 is 14.9 Å². The second kappa shape index (κ2) is 5.38. The molecule has 0 aliphatic carbocycles. The van der Waals surface area contributed by atoms with Gasteiger partial charge in [-0.1, -0.05) is 6.92 Å². The van der Waals surface area contributed by atoms with Crippen LogP contribution in [0.4, 0.5) is 4.79 Å². The first-order valence-electron chi connectivity index (χ1n) is 6.12. The number of urea groups is 1. The Labute approximate surface area is 102 Å². The zero-order chi connectivity index (χ0) is 13.2. The molecule has 1 fully saturated rings. The van der Waals surface area contributed by atoms with Crippen LogP contribution in [-0.4, -0.2) is 52.6 Å². The lowest BCUT2D eigenvalue weighted by molar-refractivity contribution is -0.145. The molecule has 5 heteroatoms. The standard InChI is InChI=1S/C12H22N2O3/c1-8(2)13(4)12(17)14-7-5-6-9(3)10(14)11(15)16/h8-10H,5-7H2,1-4H3,(H,15,16). The third-order valence-corrected chi connectivity index (χ3v) is 3.51. The zero-order valence-electron chi connectivity index (χ0n) is 11.0. The van der Waals surface area contributed by atoms with Gasteiger partial charge >= 0.3 is 12.0 Å². The highest BCUT2D eigenvalue weighted by Gasteiger charge is 2.38. The van der Waals surface area contributed by atoms with E-state index in [1.54, 1.807) is 11.9 Å². The number of carboxylic acid groups (broad SMARTS) is 1. The van der Waals surface area contributed by atoms with E-state index in [9.17, 15) is 14.7 Å². The molecule has 5 nitrogen and oxygen atoms in total. The minimum absolute atomic E-state index is 0.0192. The first kappa shape index (κ1) is 13.8. The molecule has 1 heterocycles. The molecule has 1 aliphatic rings. The van der Waals surface area contributed by atoms with E-state index in [0.717, 1.165) is 12.8 Å². The first-order valence-corrected chi connectivity index (χ1v) is 6.12. The Hall–Kier alpha value is -1.26. The van der Waals surface area contributed by atoms with Crippen molar-refractivity contribution in [2.75, 3.05) is 13.6 Å². The second-order valence-electron chi connectivity index (χ2n) is 5.08. The number of carboxylic acids is 1. The molecule has 1 aliphatic heterocycles. The summed E-state index contributed by atoms with van der Waals surface area (Å²) in [6.45, 7) is 6.27. The molecular weight excluding hydrogens is 220 g/mol. The van der Waals surface area contributed by atoms with Gasteiger partial charge in [-0.25, -0.2) is 9.59 Å². The van der Waals surface area contributed by atoms with E-state index in [1.165, 1.54) is 4.90 Å². The van der Waals surface area contributed by atoms with Crippen molar-refractivity contribution < 1.29 is 14.7 Å². The Balaban J connectivity index is 2.86. The van der Waals surface area contributed by atoms with Crippen LogP contribution in [0.2, 0.25) is 0 Å². The van der Waals surface area contributed by atoms with Crippen molar-refractivity contribution in [3.63, 3.8) is 0 Å². The Morgan fingerprint density at radius 1 is 1.41 bits per heavy atom. The summed E-state index contributed by atoms with van der Waals surface area (Å²) in [6.07, 6.45) is 1.74. The first-order chi connectivity index (χ1) is 7.86. The Kier molecular flexibility index (Phi) is 4.37. The Morgan fingerprint density at radius 3 is 2.47 bits per heavy atom. The van der Waals surface area contributed by atoms with E-state index in [-0.39, 0.29) is 18.0 Å². The van der Waals surface area contributed by atoms with Crippen molar-refractivity contribution >= 4 is 12.0 Å². The lowest BCUT2D eigenvalue weighted by atomic mass is 9.91. The summed E-state index contributed by atoms with van der Waals surface area (Å²) in [5, 5.41) is 9.24. The summed E-state index contributed by atoms with van der Waals surface area (Å²) in [4.78, 5) is 26.5. The van der Waals surface area contributed by atoms with Crippen LogP contribution in [0.25, 0.3) is 0 Å². The number of hydrogen-bond acceptors (Lipinski definition) is 2. The number of likely N-dealkylation sites (tertiary alicyclic amines) is 1. The predicted molar refractivity (Wildman–Crippen MR) is 64.8 cm³/mol. The fourth-order valence-corrected chi connectivity index (χ4v) is 2.20. The van der Waals surface area contributed by atoms with Crippen molar-refractivity contribution in [2.24, 2.45) is 5.92 Å². The van der Waals surface area contributed by atoms with E-state index in [4.69, 9.17) is 0 Å². The van der Waals surface area contributed by atoms with Crippen LogP contribution in [0, 0.1) is 5.92 Å². The molecule has 0 aromatic rings. The fraction of sp³-hybridized carbons (Fsp3) is 0.833. The monoisotopic (exact) mass is 242 g/mol. The molecule has 1 N–H and O–H groups in total. The van der Waals surface area contributed by atoms with Crippen molar-refractivity contribution in [3.8, 4) is 0 Å². The van der Waals surface area contributed by atoms with Crippen LogP contribution in [0.15, 0.2) is 0 Å². The molecule has 2 amide bonds. The van der Waals surface area contributed by atoms with Gasteiger partial charge in [-0.3, -0.25) is 0 Å². The lowest BCUT2D eigenvalue weighted by Crippen LogP contribution is -2.56. The molecule has 1 saturated heterocycles. The summed E-state index contributed by atoms with van der Waals surface area (Å²) in [7, 11) is 1.71. The van der Waals surface area contributed by atoms with Gasteiger partial charge in [0.15, 0.2) is 0 Å². The molecule has 0 radical (unpaired) electrons. The number of carbonyl (C=O) groups is 2. The average Bonchev–Trinajstić information content (AvgIpc) is 2.25. The van der Waals surface area contributed by atoms with Crippen LogP contribution in [0.1, 0.15) is 33.6 Å². The van der Waals surface area contributed by atoms with Crippen molar-refractivity contribution in [1.29, 1.82) is 0 Å². The largest absolute Gasteiger partial charge is 0.480 e. The molecule has 1 rings (SSSR count). The van der Waals surface area contributed by atoms with E-state index in [1.807, 2.05) is 20.8 Å². The van der Waals surface area contributed by atoms with E-state index >= 15 is 0 Å². The smallest absolute Gasteiger partial charge is 0.326 e. The second-order valence-corrected chi connectivity index (χ2v) is 5.08. The van der Waals surface area contributed by atoms with E-state index in [0.29, 0.717) is 6.54 Å². The molecule has 17 heavy (non-hydrogen) atoms. The molecule has 0 aromatic carbocycles. The highest BCUT2D eigenvalue weighted by molar-refractivity contribution is 5.83. The van der Waals surface area contributed by atoms with Crippen LogP contribution in [0.3, 0.4) is 0 Å². The van der Waals surface area contributed by atoms with Crippen molar-refractivity contribution in [3.05, 3.63) is 0 Å². The lowest BCUT2D eigenvalue weighted by Gasteiger charge is -2.40. The van der Waals surface area contributed by atoms with Crippen LogP contribution >= 0.6 is 0 Å². The van der Waals surface area contributed by atoms with Gasteiger partial charge in [-0.2, -0.15) is 0 Å². The minimum atomic E-state index is -0.900. The molecule has 2 atom stereocenters. The van der Waals surface area contributed by atoms with Crippen LogP contribution in [-0.2, 0) is 4.79 Å². The summed E-state index contributed by atoms with van der Waals surface area (Å²) >= 11 is 0. The molecular formula is C12H22N2O3. The van der Waals surface area contributed by atoms with Crippen molar-refractivity contribution in [1.82, 2.24) is 9.80 Å². The van der Waals surface area contributed by atoms with Gasteiger partial charge in [0.1, 0.15) is 6.04 Å². The van der Waals surface area contributed by atoms with Crippen molar-refractivity contribution in [2.45, 2.75) is 45.7 Å². The number of piperidine rings is 1. The van der Waals surface area contributed by atoms with Gasteiger partial charge in [0.25, 0.3) is 0 Å². The summed E-state index contributed by atoms with van der Waals surface area (Å²) in [5.74, 6) is -0.881. The zero-order valence-corrected chi connectivity index (χ0v) is 11.0. The van der Waals surface area contributed by atoms with E-state index < -0.39 is 12.0 Å². The maximum absolute atomic E-state index is 12.2.